The fourth-order valence-corrected chi connectivity index (χ4v) is 2.90. The Labute approximate surface area is 177 Å². The Morgan fingerprint density at radius 3 is 2.45 bits per heavy atom. The van der Waals surface area contributed by atoms with E-state index in [1.54, 1.807) is 80.2 Å². The molecule has 0 aliphatic carbocycles. The zero-order valence-corrected chi connectivity index (χ0v) is 16.6. The second-order valence-corrected chi connectivity index (χ2v) is 6.53. The number of aromatic nitrogens is 5. The molecule has 0 saturated heterocycles. The number of Topliss-reactive ketones (excluding diaryl/α,β-unsaturated/α-hetero) is 1. The Bertz CT molecular complexity index is 1210. The van der Waals surface area contributed by atoms with Gasteiger partial charge in [0, 0.05) is 29.1 Å². The molecule has 2 heterocycles. The highest BCUT2D eigenvalue weighted by Gasteiger charge is 2.15. The number of ether oxygens (including phenoxy) is 1. The van der Waals surface area contributed by atoms with Crippen molar-refractivity contribution in [3.63, 3.8) is 0 Å². The number of anilines is 1. The average molecular weight is 414 g/mol. The van der Waals surface area contributed by atoms with Gasteiger partial charge in [-0.2, -0.15) is 4.80 Å². The molecule has 0 aliphatic rings. The van der Waals surface area contributed by atoms with Gasteiger partial charge in [-0.25, -0.2) is 0 Å². The first-order valence-electron chi connectivity index (χ1n) is 9.40. The molecule has 9 heteroatoms. The molecule has 0 radical (unpaired) electrons. The maximum absolute atomic E-state index is 12.5. The number of hydrogen-bond acceptors (Lipinski definition) is 7. The Kier molecular flexibility index (Phi) is 5.75. The number of carbonyl (C=O) groups is 2. The molecular formula is C22H18N6O3. The number of benzene rings is 2. The monoisotopic (exact) mass is 414 g/mol. The summed E-state index contributed by atoms with van der Waals surface area (Å²) < 4.78 is 5.10. The van der Waals surface area contributed by atoms with Gasteiger partial charge in [0.25, 0.3) is 5.91 Å². The van der Waals surface area contributed by atoms with Crippen LogP contribution in [-0.4, -0.2) is 44.0 Å². The van der Waals surface area contributed by atoms with Gasteiger partial charge in [-0.1, -0.05) is 12.1 Å². The second-order valence-electron chi connectivity index (χ2n) is 6.53. The van der Waals surface area contributed by atoms with Crippen LogP contribution in [0.3, 0.4) is 0 Å². The van der Waals surface area contributed by atoms with Gasteiger partial charge in [0.05, 0.1) is 12.8 Å². The number of amides is 1. The summed E-state index contributed by atoms with van der Waals surface area (Å²) in [4.78, 5) is 30.1. The van der Waals surface area contributed by atoms with Crippen LogP contribution in [0.5, 0.6) is 5.75 Å². The first-order chi connectivity index (χ1) is 15.1. The molecule has 2 aromatic carbocycles. The van der Waals surface area contributed by atoms with Crippen molar-refractivity contribution in [1.82, 2.24) is 25.2 Å². The fraction of sp³-hybridized carbons (Fsp3) is 0.0909. The lowest BCUT2D eigenvalue weighted by atomic mass is 10.1. The third-order valence-electron chi connectivity index (χ3n) is 4.51. The normalized spacial score (nSPS) is 10.5. The minimum atomic E-state index is -0.281. The molecular weight excluding hydrogens is 396 g/mol. The van der Waals surface area contributed by atoms with Crippen LogP contribution >= 0.6 is 0 Å². The van der Waals surface area contributed by atoms with Crippen molar-refractivity contribution in [2.45, 2.75) is 6.54 Å². The number of methoxy groups -OCH3 is 1. The second kappa shape index (κ2) is 8.95. The molecule has 0 atom stereocenters. The van der Waals surface area contributed by atoms with Gasteiger partial charge < -0.3 is 10.1 Å². The SMILES string of the molecule is COc1ccc(C(=O)Cn2nnc(-c3ccccc3NC(=O)c3ccncc3)n2)cc1. The van der Waals surface area contributed by atoms with E-state index in [0.29, 0.717) is 34.0 Å². The number of nitrogens with zero attached hydrogens (tertiary/aromatic N) is 5. The fourth-order valence-electron chi connectivity index (χ4n) is 2.90. The van der Waals surface area contributed by atoms with E-state index in [1.807, 2.05) is 0 Å². The topological polar surface area (TPSA) is 112 Å². The Morgan fingerprint density at radius 2 is 1.71 bits per heavy atom. The number of tetrazole rings is 1. The molecule has 2 aromatic heterocycles. The van der Waals surface area contributed by atoms with Gasteiger partial charge in [0.2, 0.25) is 5.82 Å². The van der Waals surface area contributed by atoms with Crippen LogP contribution in [0.2, 0.25) is 0 Å². The number of nitrogens with one attached hydrogen (secondary N) is 1. The summed E-state index contributed by atoms with van der Waals surface area (Å²) in [6, 6.07) is 17.2. The molecule has 0 bridgehead atoms. The zero-order chi connectivity index (χ0) is 21.6. The summed E-state index contributed by atoms with van der Waals surface area (Å²) in [6.07, 6.45) is 3.10. The molecule has 9 nitrogen and oxygen atoms in total. The van der Waals surface area contributed by atoms with E-state index in [2.05, 4.69) is 25.7 Å². The molecule has 0 aliphatic heterocycles. The molecule has 0 saturated carbocycles. The van der Waals surface area contributed by atoms with Gasteiger partial charge in [0.15, 0.2) is 5.78 Å². The lowest BCUT2D eigenvalue weighted by Crippen LogP contribution is -2.13. The van der Waals surface area contributed by atoms with Crippen LogP contribution in [0.25, 0.3) is 11.4 Å². The van der Waals surface area contributed by atoms with Crippen molar-refractivity contribution in [3.8, 4) is 17.1 Å². The number of hydrogen-bond donors (Lipinski definition) is 1. The van der Waals surface area contributed by atoms with Crippen molar-refractivity contribution in [2.75, 3.05) is 12.4 Å². The summed E-state index contributed by atoms with van der Waals surface area (Å²) >= 11 is 0. The lowest BCUT2D eigenvalue weighted by molar-refractivity contribution is 0.0960. The summed E-state index contributed by atoms with van der Waals surface area (Å²) in [6.45, 7) is -0.0646. The smallest absolute Gasteiger partial charge is 0.255 e. The van der Waals surface area contributed by atoms with E-state index in [0.717, 1.165) is 0 Å². The first kappa shape index (κ1) is 19.9. The molecule has 31 heavy (non-hydrogen) atoms. The molecule has 4 rings (SSSR count). The maximum Gasteiger partial charge on any atom is 0.255 e. The first-order valence-corrected chi connectivity index (χ1v) is 9.40. The van der Waals surface area contributed by atoms with E-state index in [-0.39, 0.29) is 18.2 Å². The van der Waals surface area contributed by atoms with Crippen molar-refractivity contribution in [1.29, 1.82) is 0 Å². The summed E-state index contributed by atoms with van der Waals surface area (Å²) in [5.74, 6) is 0.527. The van der Waals surface area contributed by atoms with Crippen molar-refractivity contribution in [2.24, 2.45) is 0 Å². The highest BCUT2D eigenvalue weighted by Crippen LogP contribution is 2.25. The standard InChI is InChI=1S/C22H18N6O3/c1-31-17-8-6-15(7-9-17)20(29)14-28-26-21(25-27-28)18-4-2-3-5-19(18)24-22(30)16-10-12-23-13-11-16/h2-13H,14H2,1H3,(H,24,30). The van der Waals surface area contributed by atoms with Crippen molar-refractivity contribution < 1.29 is 14.3 Å². The molecule has 0 unspecified atom stereocenters. The highest BCUT2D eigenvalue weighted by atomic mass is 16.5. The lowest BCUT2D eigenvalue weighted by Gasteiger charge is -2.08. The van der Waals surface area contributed by atoms with Crippen LogP contribution in [0.1, 0.15) is 20.7 Å². The Balaban J connectivity index is 1.51. The maximum atomic E-state index is 12.5. The quantitative estimate of drug-likeness (QED) is 0.463. The number of rotatable bonds is 7. The van der Waals surface area contributed by atoms with Crippen molar-refractivity contribution >= 4 is 17.4 Å². The number of para-hydroxylation sites is 1. The van der Waals surface area contributed by atoms with Gasteiger partial charge in [-0.05, 0) is 53.7 Å². The van der Waals surface area contributed by atoms with Crippen LogP contribution in [-0.2, 0) is 6.54 Å². The Hall–Kier alpha value is -4.40. The molecule has 0 fully saturated rings. The molecule has 1 N–H and O–H groups in total. The third-order valence-corrected chi connectivity index (χ3v) is 4.51. The van der Waals surface area contributed by atoms with Gasteiger partial charge >= 0.3 is 0 Å². The zero-order valence-electron chi connectivity index (χ0n) is 16.6. The molecule has 154 valence electrons. The van der Waals surface area contributed by atoms with Crippen LogP contribution in [0, 0.1) is 0 Å². The predicted octanol–water partition coefficient (Wildman–Crippen LogP) is 2.88. The summed E-state index contributed by atoms with van der Waals surface area (Å²) in [7, 11) is 1.56. The number of pyridine rings is 1. The number of carbonyl (C=O) groups excluding carboxylic acids is 2. The number of ketones is 1. The summed E-state index contributed by atoms with van der Waals surface area (Å²) in [5, 5.41) is 15.2. The Morgan fingerprint density at radius 1 is 0.968 bits per heavy atom. The molecule has 0 spiro atoms. The predicted molar refractivity (Wildman–Crippen MR) is 113 cm³/mol. The third kappa shape index (κ3) is 4.61. The van der Waals surface area contributed by atoms with Crippen LogP contribution < -0.4 is 10.1 Å². The van der Waals surface area contributed by atoms with E-state index in [9.17, 15) is 9.59 Å². The van der Waals surface area contributed by atoms with Crippen LogP contribution in [0.15, 0.2) is 73.1 Å². The van der Waals surface area contributed by atoms with E-state index < -0.39 is 0 Å². The minimum absolute atomic E-state index is 0.0646. The van der Waals surface area contributed by atoms with Gasteiger partial charge in [0.1, 0.15) is 12.3 Å². The van der Waals surface area contributed by atoms with Gasteiger partial charge in [-0.15, -0.1) is 10.2 Å². The van der Waals surface area contributed by atoms with E-state index >= 15 is 0 Å². The molecule has 4 aromatic rings. The van der Waals surface area contributed by atoms with Crippen LogP contribution in [0.4, 0.5) is 5.69 Å². The molecule has 1 amide bonds. The minimum Gasteiger partial charge on any atom is -0.497 e. The van der Waals surface area contributed by atoms with E-state index in [1.165, 1.54) is 4.80 Å². The largest absolute Gasteiger partial charge is 0.497 e. The highest BCUT2D eigenvalue weighted by molar-refractivity contribution is 6.05. The van der Waals surface area contributed by atoms with Gasteiger partial charge in [-0.3, -0.25) is 14.6 Å². The van der Waals surface area contributed by atoms with E-state index in [4.69, 9.17) is 4.74 Å². The average Bonchev–Trinajstić information content (AvgIpc) is 3.28. The summed E-state index contributed by atoms with van der Waals surface area (Å²) in [5.41, 5.74) is 2.12. The van der Waals surface area contributed by atoms with Crippen molar-refractivity contribution in [3.05, 3.63) is 84.2 Å².